The zero-order valence-corrected chi connectivity index (χ0v) is 14.0. The van der Waals surface area contributed by atoms with Crippen LogP contribution in [0.3, 0.4) is 0 Å². The molecule has 4 nitrogen and oxygen atoms in total. The van der Waals surface area contributed by atoms with Crippen molar-refractivity contribution < 1.29 is 18.4 Å². The Bertz CT molecular complexity index is 813. The first-order chi connectivity index (χ1) is 11.4. The largest absolute Gasteiger partial charge is 0.323 e. The number of benzene rings is 2. The number of hydrogen-bond acceptors (Lipinski definition) is 2. The van der Waals surface area contributed by atoms with E-state index in [1.165, 1.54) is 4.90 Å². The Kier molecular flexibility index (Phi) is 4.62. The first-order valence-corrected chi connectivity index (χ1v) is 8.05. The number of amides is 2. The summed E-state index contributed by atoms with van der Waals surface area (Å²) in [5.74, 6) is -2.81. The van der Waals surface area contributed by atoms with Crippen LogP contribution in [-0.2, 0) is 9.59 Å². The fraction of sp³-hybridized carbons (Fsp3) is 0.176. The molecule has 2 amide bonds. The molecule has 1 N–H and O–H groups in total. The first kappa shape index (κ1) is 16.6. The second-order valence-electron chi connectivity index (χ2n) is 5.50. The fourth-order valence-electron chi connectivity index (χ4n) is 2.60. The minimum Gasteiger partial charge on any atom is -0.323 e. The van der Waals surface area contributed by atoms with Gasteiger partial charge in [0.05, 0.1) is 11.6 Å². The van der Waals surface area contributed by atoms with Crippen molar-refractivity contribution in [2.75, 3.05) is 16.8 Å². The third kappa shape index (κ3) is 3.46. The minimum atomic E-state index is -0.850. The highest BCUT2D eigenvalue weighted by molar-refractivity contribution is 9.10. The van der Waals surface area contributed by atoms with E-state index in [1.807, 2.05) is 6.07 Å². The van der Waals surface area contributed by atoms with Crippen molar-refractivity contribution in [3.63, 3.8) is 0 Å². The molecule has 1 unspecified atom stereocenters. The monoisotopic (exact) mass is 394 g/mol. The minimum absolute atomic E-state index is 0.0428. The average molecular weight is 395 g/mol. The van der Waals surface area contributed by atoms with Crippen LogP contribution < -0.4 is 10.2 Å². The van der Waals surface area contributed by atoms with Gasteiger partial charge in [-0.15, -0.1) is 0 Å². The molecule has 1 saturated heterocycles. The average Bonchev–Trinajstić information content (AvgIpc) is 2.92. The highest BCUT2D eigenvalue weighted by Gasteiger charge is 2.35. The van der Waals surface area contributed by atoms with Gasteiger partial charge in [0.15, 0.2) is 0 Å². The molecule has 0 spiro atoms. The van der Waals surface area contributed by atoms with Crippen molar-refractivity contribution in [2.24, 2.45) is 5.92 Å². The lowest BCUT2D eigenvalue weighted by Gasteiger charge is -2.17. The molecule has 0 aromatic heterocycles. The number of hydrogen-bond donors (Lipinski definition) is 1. The van der Waals surface area contributed by atoms with Crippen molar-refractivity contribution in [1.29, 1.82) is 0 Å². The van der Waals surface area contributed by atoms with Crippen LogP contribution in [0.4, 0.5) is 20.2 Å². The van der Waals surface area contributed by atoms with Gasteiger partial charge in [-0.05, 0) is 30.3 Å². The highest BCUT2D eigenvalue weighted by atomic mass is 79.9. The van der Waals surface area contributed by atoms with Crippen LogP contribution in [0.25, 0.3) is 0 Å². The molecule has 1 aliphatic heterocycles. The number of nitrogens with zero attached hydrogens (tertiary/aromatic N) is 1. The molecule has 7 heteroatoms. The maximum absolute atomic E-state index is 13.6. The van der Waals surface area contributed by atoms with Gasteiger partial charge < -0.3 is 10.2 Å². The van der Waals surface area contributed by atoms with Crippen molar-refractivity contribution in [1.82, 2.24) is 0 Å². The summed E-state index contributed by atoms with van der Waals surface area (Å²) >= 11 is 3.34. The van der Waals surface area contributed by atoms with Crippen LogP contribution in [0, 0.1) is 17.6 Å². The highest BCUT2D eigenvalue weighted by Crippen LogP contribution is 2.28. The molecule has 1 fully saturated rings. The standard InChI is InChI=1S/C17H13BrF2N2O2/c18-11-2-1-3-13(7-11)22-9-10(6-16(22)23)17(24)21-15-5-4-12(19)8-14(15)20/h1-5,7-8,10H,6,9H2,(H,21,24). The van der Waals surface area contributed by atoms with E-state index in [2.05, 4.69) is 21.2 Å². The summed E-state index contributed by atoms with van der Waals surface area (Å²) in [6, 6.07) is 10.1. The Morgan fingerprint density at radius 2 is 2.00 bits per heavy atom. The van der Waals surface area contributed by atoms with Gasteiger partial charge in [0.1, 0.15) is 11.6 Å². The summed E-state index contributed by atoms with van der Waals surface area (Å²) in [7, 11) is 0. The molecular formula is C17H13BrF2N2O2. The van der Waals surface area contributed by atoms with Gasteiger partial charge >= 0.3 is 0 Å². The number of halogens is 3. The zero-order chi connectivity index (χ0) is 17.3. The summed E-state index contributed by atoms with van der Waals surface area (Å²) in [6.07, 6.45) is 0.0428. The molecule has 0 saturated carbocycles. The van der Waals surface area contributed by atoms with E-state index >= 15 is 0 Å². The second-order valence-corrected chi connectivity index (χ2v) is 6.41. The van der Waals surface area contributed by atoms with Gasteiger partial charge in [0.2, 0.25) is 11.8 Å². The number of carbonyl (C=O) groups is 2. The predicted molar refractivity (Wildman–Crippen MR) is 89.6 cm³/mol. The Labute approximate surface area is 145 Å². The number of rotatable bonds is 3. The number of anilines is 2. The normalized spacial score (nSPS) is 17.2. The summed E-state index contributed by atoms with van der Waals surface area (Å²) in [5.41, 5.74) is 0.590. The summed E-state index contributed by atoms with van der Waals surface area (Å²) in [4.78, 5) is 26.0. The van der Waals surface area contributed by atoms with Gasteiger partial charge in [0, 0.05) is 29.2 Å². The molecule has 3 rings (SSSR count). The molecule has 1 atom stereocenters. The molecule has 0 bridgehead atoms. The quantitative estimate of drug-likeness (QED) is 0.862. The Hall–Kier alpha value is -2.28. The molecular weight excluding hydrogens is 382 g/mol. The van der Waals surface area contributed by atoms with Crippen LogP contribution in [0.2, 0.25) is 0 Å². The molecule has 0 aliphatic carbocycles. The van der Waals surface area contributed by atoms with Gasteiger partial charge in [-0.2, -0.15) is 0 Å². The SMILES string of the molecule is O=C(Nc1ccc(F)cc1F)C1CC(=O)N(c2cccc(Br)c2)C1. The van der Waals surface area contributed by atoms with Crippen LogP contribution in [0.1, 0.15) is 6.42 Å². The Morgan fingerprint density at radius 3 is 2.71 bits per heavy atom. The third-order valence-corrected chi connectivity index (χ3v) is 4.30. The van der Waals surface area contributed by atoms with Crippen LogP contribution in [0.5, 0.6) is 0 Å². The van der Waals surface area contributed by atoms with E-state index in [-0.39, 0.29) is 24.6 Å². The predicted octanol–water partition coefficient (Wildman–Crippen LogP) is 3.72. The molecule has 1 heterocycles. The van der Waals surface area contributed by atoms with Gasteiger partial charge in [-0.3, -0.25) is 9.59 Å². The topological polar surface area (TPSA) is 49.4 Å². The van der Waals surface area contributed by atoms with Crippen molar-refractivity contribution in [3.8, 4) is 0 Å². The first-order valence-electron chi connectivity index (χ1n) is 7.26. The second kappa shape index (κ2) is 6.68. The smallest absolute Gasteiger partial charge is 0.229 e. The summed E-state index contributed by atoms with van der Waals surface area (Å²) in [5, 5.41) is 2.41. The van der Waals surface area contributed by atoms with Gasteiger partial charge in [-0.1, -0.05) is 22.0 Å². The molecule has 1 aliphatic rings. The van der Waals surface area contributed by atoms with Crippen LogP contribution in [-0.4, -0.2) is 18.4 Å². The lowest BCUT2D eigenvalue weighted by Crippen LogP contribution is -2.28. The van der Waals surface area contributed by atoms with E-state index in [0.29, 0.717) is 11.8 Å². The lowest BCUT2D eigenvalue weighted by atomic mass is 10.1. The summed E-state index contributed by atoms with van der Waals surface area (Å²) in [6.45, 7) is 0.212. The zero-order valence-electron chi connectivity index (χ0n) is 12.4. The molecule has 2 aromatic carbocycles. The van der Waals surface area contributed by atoms with E-state index in [0.717, 1.165) is 16.6 Å². The van der Waals surface area contributed by atoms with Gasteiger partial charge in [-0.25, -0.2) is 8.78 Å². The van der Waals surface area contributed by atoms with Crippen molar-refractivity contribution >= 4 is 39.1 Å². The lowest BCUT2D eigenvalue weighted by molar-refractivity contribution is -0.122. The van der Waals surface area contributed by atoms with Crippen molar-refractivity contribution in [3.05, 3.63) is 58.6 Å². The molecule has 24 heavy (non-hydrogen) atoms. The Morgan fingerprint density at radius 1 is 1.21 bits per heavy atom. The maximum atomic E-state index is 13.6. The molecule has 2 aromatic rings. The third-order valence-electron chi connectivity index (χ3n) is 3.80. The Balaban J connectivity index is 1.72. The molecule has 124 valence electrons. The van der Waals surface area contributed by atoms with Gasteiger partial charge in [0.25, 0.3) is 0 Å². The van der Waals surface area contributed by atoms with E-state index in [1.54, 1.807) is 18.2 Å². The number of carbonyl (C=O) groups excluding carboxylic acids is 2. The molecule has 0 radical (unpaired) electrons. The summed E-state index contributed by atoms with van der Waals surface area (Å²) < 4.78 is 27.4. The number of nitrogens with one attached hydrogen (secondary N) is 1. The van der Waals surface area contributed by atoms with Crippen LogP contribution >= 0.6 is 15.9 Å². The maximum Gasteiger partial charge on any atom is 0.229 e. The van der Waals surface area contributed by atoms with E-state index in [9.17, 15) is 18.4 Å². The van der Waals surface area contributed by atoms with E-state index in [4.69, 9.17) is 0 Å². The fourth-order valence-corrected chi connectivity index (χ4v) is 2.99. The van der Waals surface area contributed by atoms with E-state index < -0.39 is 23.5 Å². The van der Waals surface area contributed by atoms with Crippen LogP contribution in [0.15, 0.2) is 46.9 Å². The van der Waals surface area contributed by atoms with Crippen molar-refractivity contribution in [2.45, 2.75) is 6.42 Å².